The van der Waals surface area contributed by atoms with Crippen molar-refractivity contribution in [1.82, 2.24) is 15.4 Å². The normalized spacial score (nSPS) is 10.4. The van der Waals surface area contributed by atoms with E-state index in [0.717, 1.165) is 5.69 Å². The molecular weight excluding hydrogens is 237 g/mol. The minimum Gasteiger partial charge on any atom is -0.493 e. The summed E-state index contributed by atoms with van der Waals surface area (Å²) in [5.41, 5.74) is 1.36. The number of nitrogens with zero attached hydrogens (tertiary/aromatic N) is 2. The van der Waals surface area contributed by atoms with Crippen LogP contribution < -0.4 is 9.47 Å². The predicted molar refractivity (Wildman–Crippen MR) is 63.3 cm³/mol. The third-order valence-electron chi connectivity index (χ3n) is 2.67. The first-order chi connectivity index (χ1) is 8.74. The number of H-pyrrole nitrogens is 1. The lowest BCUT2D eigenvalue weighted by Gasteiger charge is -2.10. The van der Waals surface area contributed by atoms with Gasteiger partial charge < -0.3 is 9.47 Å². The summed E-state index contributed by atoms with van der Waals surface area (Å²) in [6, 6.07) is 2.98. The molecule has 1 aromatic carbocycles. The van der Waals surface area contributed by atoms with Crippen LogP contribution in [0.1, 0.15) is 11.3 Å². The first kappa shape index (κ1) is 12.3. The molecule has 5 nitrogen and oxygen atoms in total. The van der Waals surface area contributed by atoms with E-state index in [-0.39, 0.29) is 5.82 Å². The number of aromatic nitrogens is 3. The minimum atomic E-state index is -0.309. The van der Waals surface area contributed by atoms with E-state index in [1.165, 1.54) is 20.3 Å². The Morgan fingerprint density at radius 2 is 1.89 bits per heavy atom. The fraction of sp³-hybridized carbons (Fsp3) is 0.333. The van der Waals surface area contributed by atoms with E-state index in [1.54, 1.807) is 12.3 Å². The summed E-state index contributed by atoms with van der Waals surface area (Å²) in [6.07, 6.45) is 2.76. The van der Waals surface area contributed by atoms with Gasteiger partial charge in [0.25, 0.3) is 0 Å². The molecule has 6 heteroatoms. The van der Waals surface area contributed by atoms with Gasteiger partial charge in [-0.05, 0) is 24.5 Å². The van der Waals surface area contributed by atoms with Gasteiger partial charge in [-0.3, -0.25) is 0 Å². The minimum absolute atomic E-state index is 0.309. The lowest BCUT2D eigenvalue weighted by atomic mass is 10.1. The summed E-state index contributed by atoms with van der Waals surface area (Å²) >= 11 is 0. The molecule has 0 radical (unpaired) electrons. The van der Waals surface area contributed by atoms with Crippen LogP contribution >= 0.6 is 0 Å². The molecule has 0 aliphatic carbocycles. The fourth-order valence-corrected chi connectivity index (χ4v) is 1.70. The molecule has 1 aromatic heterocycles. The standard InChI is InChI=1S/C12H14FN3O2/c1-17-11-5-8(10(13)6-12(11)18-2)3-4-9-7-14-16-15-9/h5-7H,3-4H2,1-2H3,(H,14,15,16). The molecule has 2 aromatic rings. The van der Waals surface area contributed by atoms with Gasteiger partial charge in [-0.2, -0.15) is 15.4 Å². The molecule has 96 valence electrons. The van der Waals surface area contributed by atoms with Crippen LogP contribution in [0.25, 0.3) is 0 Å². The molecule has 18 heavy (non-hydrogen) atoms. The van der Waals surface area contributed by atoms with Crippen molar-refractivity contribution in [2.75, 3.05) is 14.2 Å². The maximum absolute atomic E-state index is 13.8. The number of hydrogen-bond acceptors (Lipinski definition) is 4. The molecule has 0 saturated heterocycles. The van der Waals surface area contributed by atoms with Gasteiger partial charge >= 0.3 is 0 Å². The van der Waals surface area contributed by atoms with Gasteiger partial charge in [0.15, 0.2) is 11.5 Å². The van der Waals surface area contributed by atoms with Crippen LogP contribution in [0, 0.1) is 5.82 Å². The second-order valence-corrected chi connectivity index (χ2v) is 3.76. The highest BCUT2D eigenvalue weighted by atomic mass is 19.1. The van der Waals surface area contributed by atoms with E-state index in [9.17, 15) is 4.39 Å². The van der Waals surface area contributed by atoms with E-state index in [4.69, 9.17) is 9.47 Å². The Kier molecular flexibility index (Phi) is 3.76. The Morgan fingerprint density at radius 3 is 2.50 bits per heavy atom. The maximum Gasteiger partial charge on any atom is 0.163 e. The molecule has 0 atom stereocenters. The van der Waals surface area contributed by atoms with Crippen molar-refractivity contribution >= 4 is 0 Å². The van der Waals surface area contributed by atoms with Crippen molar-refractivity contribution in [3.63, 3.8) is 0 Å². The fourth-order valence-electron chi connectivity index (χ4n) is 1.70. The number of methoxy groups -OCH3 is 2. The highest BCUT2D eigenvalue weighted by Gasteiger charge is 2.11. The van der Waals surface area contributed by atoms with Crippen molar-refractivity contribution in [1.29, 1.82) is 0 Å². The Labute approximate surface area is 104 Å². The molecule has 0 fully saturated rings. The van der Waals surface area contributed by atoms with Crippen LogP contribution in [0.15, 0.2) is 18.3 Å². The molecule has 0 unspecified atom stereocenters. The van der Waals surface area contributed by atoms with Gasteiger partial charge in [0, 0.05) is 6.07 Å². The zero-order valence-electron chi connectivity index (χ0n) is 10.2. The molecular formula is C12H14FN3O2. The number of aromatic amines is 1. The summed E-state index contributed by atoms with van der Waals surface area (Å²) in [6.45, 7) is 0. The van der Waals surface area contributed by atoms with E-state index in [1.807, 2.05) is 0 Å². The lowest BCUT2D eigenvalue weighted by molar-refractivity contribution is 0.351. The average molecular weight is 251 g/mol. The first-order valence-corrected chi connectivity index (χ1v) is 5.49. The number of ether oxygens (including phenoxy) is 2. The van der Waals surface area contributed by atoms with Gasteiger partial charge in [0.05, 0.1) is 26.1 Å². The zero-order chi connectivity index (χ0) is 13.0. The second-order valence-electron chi connectivity index (χ2n) is 3.76. The molecule has 0 saturated carbocycles. The molecule has 1 N–H and O–H groups in total. The Balaban J connectivity index is 2.17. The van der Waals surface area contributed by atoms with Crippen LogP contribution in [0.2, 0.25) is 0 Å². The van der Waals surface area contributed by atoms with Crippen molar-refractivity contribution in [2.45, 2.75) is 12.8 Å². The van der Waals surface area contributed by atoms with Crippen molar-refractivity contribution in [2.24, 2.45) is 0 Å². The van der Waals surface area contributed by atoms with Crippen LogP contribution in [0.5, 0.6) is 11.5 Å². The van der Waals surface area contributed by atoms with Crippen LogP contribution in [-0.4, -0.2) is 29.6 Å². The van der Waals surface area contributed by atoms with E-state index in [2.05, 4.69) is 15.4 Å². The quantitative estimate of drug-likeness (QED) is 0.879. The Hall–Kier alpha value is -2.11. The Bertz CT molecular complexity index is 514. The summed E-state index contributed by atoms with van der Waals surface area (Å²) in [7, 11) is 3.00. The SMILES string of the molecule is COc1cc(F)c(CCc2cn[nH]n2)cc1OC. The van der Waals surface area contributed by atoms with Gasteiger partial charge in [-0.25, -0.2) is 4.39 Å². The Morgan fingerprint density at radius 1 is 1.17 bits per heavy atom. The number of aryl methyl sites for hydroxylation is 2. The van der Waals surface area contributed by atoms with Gasteiger partial charge in [0.1, 0.15) is 5.82 Å². The van der Waals surface area contributed by atoms with Crippen molar-refractivity contribution in [3.05, 3.63) is 35.4 Å². The van der Waals surface area contributed by atoms with Gasteiger partial charge in [-0.15, -0.1) is 0 Å². The summed E-state index contributed by atoms with van der Waals surface area (Å²) in [5, 5.41) is 10.1. The highest BCUT2D eigenvalue weighted by molar-refractivity contribution is 5.43. The number of nitrogens with one attached hydrogen (secondary N) is 1. The van der Waals surface area contributed by atoms with Crippen molar-refractivity contribution < 1.29 is 13.9 Å². The summed E-state index contributed by atoms with van der Waals surface area (Å²) in [5.74, 6) is 0.602. The maximum atomic E-state index is 13.8. The molecule has 0 amide bonds. The third-order valence-corrected chi connectivity index (χ3v) is 2.67. The smallest absolute Gasteiger partial charge is 0.163 e. The number of rotatable bonds is 5. The topological polar surface area (TPSA) is 60.0 Å². The molecule has 0 aliphatic heterocycles. The number of benzene rings is 1. The molecule has 0 bridgehead atoms. The highest BCUT2D eigenvalue weighted by Crippen LogP contribution is 2.30. The van der Waals surface area contributed by atoms with E-state index >= 15 is 0 Å². The molecule has 1 heterocycles. The number of hydrogen-bond donors (Lipinski definition) is 1. The lowest BCUT2D eigenvalue weighted by Crippen LogP contribution is -1.99. The van der Waals surface area contributed by atoms with Gasteiger partial charge in [-0.1, -0.05) is 0 Å². The van der Waals surface area contributed by atoms with Crippen LogP contribution in [0.4, 0.5) is 4.39 Å². The zero-order valence-corrected chi connectivity index (χ0v) is 10.2. The monoisotopic (exact) mass is 251 g/mol. The number of halogens is 1. The average Bonchev–Trinajstić information content (AvgIpc) is 2.90. The van der Waals surface area contributed by atoms with Crippen molar-refractivity contribution in [3.8, 4) is 11.5 Å². The predicted octanol–water partition coefficient (Wildman–Crippen LogP) is 1.75. The molecule has 0 spiro atoms. The summed E-state index contributed by atoms with van der Waals surface area (Å²) < 4.78 is 24.0. The first-order valence-electron chi connectivity index (χ1n) is 5.49. The largest absolute Gasteiger partial charge is 0.493 e. The van der Waals surface area contributed by atoms with Crippen LogP contribution in [-0.2, 0) is 12.8 Å². The molecule has 0 aliphatic rings. The summed E-state index contributed by atoms with van der Waals surface area (Å²) in [4.78, 5) is 0. The van der Waals surface area contributed by atoms with Gasteiger partial charge in [0.2, 0.25) is 0 Å². The van der Waals surface area contributed by atoms with Crippen LogP contribution in [0.3, 0.4) is 0 Å². The second kappa shape index (κ2) is 5.48. The van der Waals surface area contributed by atoms with E-state index in [0.29, 0.717) is 29.9 Å². The third kappa shape index (κ3) is 2.58. The molecule has 2 rings (SSSR count). The van der Waals surface area contributed by atoms with E-state index < -0.39 is 0 Å².